The van der Waals surface area contributed by atoms with E-state index in [1.165, 1.54) is 6.20 Å². The third-order valence-corrected chi connectivity index (χ3v) is 2.39. The zero-order valence-corrected chi connectivity index (χ0v) is 9.73. The van der Waals surface area contributed by atoms with Crippen molar-refractivity contribution in [2.75, 3.05) is 5.32 Å². The SMILES string of the molecule is O=C(Nc1ncccc1Cl)c1cc(O)[nH]c(=O)c1. The van der Waals surface area contributed by atoms with Crippen molar-refractivity contribution >= 4 is 23.3 Å². The topological polar surface area (TPSA) is 95.1 Å². The van der Waals surface area contributed by atoms with E-state index in [9.17, 15) is 14.7 Å². The number of nitrogens with one attached hydrogen (secondary N) is 2. The van der Waals surface area contributed by atoms with Crippen LogP contribution in [0.3, 0.4) is 0 Å². The third-order valence-electron chi connectivity index (χ3n) is 2.08. The van der Waals surface area contributed by atoms with Crippen molar-refractivity contribution in [1.29, 1.82) is 0 Å². The van der Waals surface area contributed by atoms with Crippen molar-refractivity contribution in [3.05, 3.63) is 51.4 Å². The number of halogens is 1. The molecule has 0 aliphatic carbocycles. The Morgan fingerprint density at radius 2 is 2.22 bits per heavy atom. The van der Waals surface area contributed by atoms with E-state index in [2.05, 4.69) is 15.3 Å². The first-order valence-corrected chi connectivity index (χ1v) is 5.29. The lowest BCUT2D eigenvalue weighted by Gasteiger charge is -2.05. The van der Waals surface area contributed by atoms with E-state index in [1.807, 2.05) is 0 Å². The fourth-order valence-electron chi connectivity index (χ4n) is 1.32. The number of carbonyl (C=O) groups excluding carboxylic acids is 1. The highest BCUT2D eigenvalue weighted by Gasteiger charge is 2.10. The summed E-state index contributed by atoms with van der Waals surface area (Å²) in [5.74, 6) is -0.791. The maximum absolute atomic E-state index is 11.8. The third kappa shape index (κ3) is 2.67. The van der Waals surface area contributed by atoms with Crippen LogP contribution in [0.2, 0.25) is 5.02 Å². The molecule has 2 heterocycles. The highest BCUT2D eigenvalue weighted by atomic mass is 35.5. The van der Waals surface area contributed by atoms with Gasteiger partial charge in [-0.15, -0.1) is 0 Å². The molecule has 0 aliphatic heterocycles. The van der Waals surface area contributed by atoms with E-state index < -0.39 is 11.5 Å². The number of carbonyl (C=O) groups is 1. The van der Waals surface area contributed by atoms with Gasteiger partial charge in [0.25, 0.3) is 11.5 Å². The minimum absolute atomic E-state index is 0.0120. The largest absolute Gasteiger partial charge is 0.494 e. The molecule has 2 aromatic rings. The molecule has 0 saturated heterocycles. The molecule has 0 unspecified atom stereocenters. The molecule has 0 saturated carbocycles. The van der Waals surface area contributed by atoms with E-state index in [0.29, 0.717) is 0 Å². The van der Waals surface area contributed by atoms with Crippen molar-refractivity contribution in [3.63, 3.8) is 0 Å². The first-order valence-electron chi connectivity index (χ1n) is 4.91. The Balaban J connectivity index is 2.28. The summed E-state index contributed by atoms with van der Waals surface area (Å²) in [4.78, 5) is 28.9. The van der Waals surface area contributed by atoms with Crippen LogP contribution < -0.4 is 10.9 Å². The summed E-state index contributed by atoms with van der Waals surface area (Å²) in [7, 11) is 0. The van der Waals surface area contributed by atoms with Crippen molar-refractivity contribution < 1.29 is 9.90 Å². The fourth-order valence-corrected chi connectivity index (χ4v) is 1.49. The highest BCUT2D eigenvalue weighted by molar-refractivity contribution is 6.33. The van der Waals surface area contributed by atoms with Gasteiger partial charge in [-0.2, -0.15) is 0 Å². The summed E-state index contributed by atoms with van der Waals surface area (Å²) >= 11 is 5.82. The predicted octanol–water partition coefficient (Wildman–Crippen LogP) is 1.38. The number of H-pyrrole nitrogens is 1. The van der Waals surface area contributed by atoms with Gasteiger partial charge in [0.15, 0.2) is 11.7 Å². The van der Waals surface area contributed by atoms with Gasteiger partial charge in [-0.3, -0.25) is 14.6 Å². The smallest absolute Gasteiger partial charge is 0.257 e. The van der Waals surface area contributed by atoms with Crippen LogP contribution in [-0.2, 0) is 0 Å². The number of rotatable bonds is 2. The zero-order valence-electron chi connectivity index (χ0n) is 8.98. The van der Waals surface area contributed by atoms with Gasteiger partial charge >= 0.3 is 0 Å². The summed E-state index contributed by atoms with van der Waals surface area (Å²) in [5, 5.41) is 11.9. The lowest BCUT2D eigenvalue weighted by atomic mass is 10.2. The minimum atomic E-state index is -0.586. The molecule has 3 N–H and O–H groups in total. The maximum Gasteiger partial charge on any atom is 0.257 e. The molecular weight excluding hydrogens is 258 g/mol. The van der Waals surface area contributed by atoms with Crippen LogP contribution in [-0.4, -0.2) is 21.0 Å². The van der Waals surface area contributed by atoms with Crippen LogP contribution in [0.25, 0.3) is 0 Å². The van der Waals surface area contributed by atoms with Gasteiger partial charge in [0.1, 0.15) is 0 Å². The number of hydrogen-bond acceptors (Lipinski definition) is 4. The Morgan fingerprint density at radius 1 is 1.44 bits per heavy atom. The molecule has 1 amide bonds. The summed E-state index contributed by atoms with van der Waals surface area (Å²) in [6.07, 6.45) is 1.47. The zero-order chi connectivity index (χ0) is 13.1. The lowest BCUT2D eigenvalue weighted by molar-refractivity contribution is 0.102. The van der Waals surface area contributed by atoms with Crippen LogP contribution in [0.4, 0.5) is 5.82 Å². The number of nitrogens with zero attached hydrogens (tertiary/aromatic N) is 1. The van der Waals surface area contributed by atoms with E-state index >= 15 is 0 Å². The van der Waals surface area contributed by atoms with Gasteiger partial charge in [0.05, 0.1) is 10.6 Å². The second-order valence-corrected chi connectivity index (χ2v) is 3.81. The second-order valence-electron chi connectivity index (χ2n) is 3.41. The number of hydrogen-bond donors (Lipinski definition) is 3. The fraction of sp³-hybridized carbons (Fsp3) is 0. The average Bonchev–Trinajstić information content (AvgIpc) is 2.31. The summed E-state index contributed by atoms with van der Waals surface area (Å²) < 4.78 is 0. The Kier molecular flexibility index (Phi) is 3.29. The molecule has 0 atom stereocenters. The molecule has 2 rings (SSSR count). The van der Waals surface area contributed by atoms with Crippen molar-refractivity contribution in [2.24, 2.45) is 0 Å². The van der Waals surface area contributed by atoms with Gasteiger partial charge in [-0.05, 0) is 12.1 Å². The molecule has 0 spiro atoms. The van der Waals surface area contributed by atoms with Gasteiger partial charge in [0, 0.05) is 18.3 Å². The molecule has 7 heteroatoms. The number of amides is 1. The van der Waals surface area contributed by atoms with E-state index in [4.69, 9.17) is 11.6 Å². The minimum Gasteiger partial charge on any atom is -0.494 e. The van der Waals surface area contributed by atoms with Crippen molar-refractivity contribution in [3.8, 4) is 5.88 Å². The Morgan fingerprint density at radius 3 is 2.89 bits per heavy atom. The molecule has 0 aromatic carbocycles. The molecule has 2 aromatic heterocycles. The molecule has 0 bridgehead atoms. The highest BCUT2D eigenvalue weighted by Crippen LogP contribution is 2.18. The number of anilines is 1. The Hall–Kier alpha value is -2.34. The van der Waals surface area contributed by atoms with Gasteiger partial charge in [-0.25, -0.2) is 4.98 Å². The molecule has 0 aliphatic rings. The molecule has 6 nitrogen and oxygen atoms in total. The van der Waals surface area contributed by atoms with Crippen LogP contribution in [0.1, 0.15) is 10.4 Å². The molecule has 0 radical (unpaired) electrons. The summed E-state index contributed by atoms with van der Waals surface area (Å²) in [6.45, 7) is 0. The van der Waals surface area contributed by atoms with E-state index in [-0.39, 0.29) is 22.3 Å². The Labute approximate surface area is 106 Å². The Bertz CT molecular complexity index is 654. The second kappa shape index (κ2) is 4.89. The quantitative estimate of drug-likeness (QED) is 0.764. The standard InChI is InChI=1S/C11H8ClN3O3/c12-7-2-1-3-13-10(7)15-11(18)6-4-8(16)14-9(17)5-6/h1-5H,(H,13,15,18)(H2,14,16,17). The van der Waals surface area contributed by atoms with Gasteiger partial charge < -0.3 is 10.4 Å². The maximum atomic E-state index is 11.8. The number of aromatic hydroxyl groups is 1. The predicted molar refractivity (Wildman–Crippen MR) is 65.9 cm³/mol. The van der Waals surface area contributed by atoms with Crippen LogP contribution in [0.15, 0.2) is 35.3 Å². The molecular formula is C11H8ClN3O3. The molecule has 92 valence electrons. The lowest BCUT2D eigenvalue weighted by Crippen LogP contribution is -2.16. The van der Waals surface area contributed by atoms with Gasteiger partial charge in [0.2, 0.25) is 0 Å². The molecule has 18 heavy (non-hydrogen) atoms. The number of pyridine rings is 2. The monoisotopic (exact) mass is 265 g/mol. The van der Waals surface area contributed by atoms with E-state index in [1.54, 1.807) is 12.1 Å². The first kappa shape index (κ1) is 12.1. The number of aromatic amines is 1. The molecule has 0 fully saturated rings. The van der Waals surface area contributed by atoms with Crippen molar-refractivity contribution in [1.82, 2.24) is 9.97 Å². The van der Waals surface area contributed by atoms with Crippen LogP contribution in [0, 0.1) is 0 Å². The summed E-state index contributed by atoms with van der Waals surface area (Å²) in [6, 6.07) is 5.38. The summed E-state index contributed by atoms with van der Waals surface area (Å²) in [5.41, 5.74) is -0.565. The number of aromatic nitrogens is 2. The van der Waals surface area contributed by atoms with Gasteiger partial charge in [-0.1, -0.05) is 11.6 Å². The van der Waals surface area contributed by atoms with Crippen LogP contribution in [0.5, 0.6) is 5.88 Å². The first-order chi connectivity index (χ1) is 8.56. The van der Waals surface area contributed by atoms with E-state index in [0.717, 1.165) is 12.1 Å². The average molecular weight is 266 g/mol. The normalized spacial score (nSPS) is 10.1. The van der Waals surface area contributed by atoms with Crippen molar-refractivity contribution in [2.45, 2.75) is 0 Å². The van der Waals surface area contributed by atoms with Crippen LogP contribution >= 0.6 is 11.6 Å².